The Labute approximate surface area is 206 Å². The lowest BCUT2D eigenvalue weighted by atomic mass is 10.2. The number of methoxy groups -OCH3 is 1. The Kier molecular flexibility index (Phi) is 8.26. The summed E-state index contributed by atoms with van der Waals surface area (Å²) in [5, 5.41) is 7.82. The molecule has 1 aliphatic heterocycles. The first kappa shape index (κ1) is 24.6. The van der Waals surface area contributed by atoms with E-state index in [0.717, 1.165) is 42.8 Å². The number of nitrogens with one attached hydrogen (secondary N) is 1. The maximum absolute atomic E-state index is 13.1. The Balaban J connectivity index is 1.72. The number of carbonyl (C=O) groups excluding carboxylic acids is 1. The van der Waals surface area contributed by atoms with E-state index >= 15 is 0 Å². The molecule has 3 aromatic rings. The zero-order chi connectivity index (χ0) is 24.6. The summed E-state index contributed by atoms with van der Waals surface area (Å²) in [6.07, 6.45) is 2.87. The van der Waals surface area contributed by atoms with Crippen LogP contribution in [0.4, 0.5) is 4.79 Å². The summed E-state index contributed by atoms with van der Waals surface area (Å²) in [7, 11) is 1.62. The Morgan fingerprint density at radius 1 is 1.17 bits per heavy atom. The number of benzene rings is 2. The van der Waals surface area contributed by atoms with E-state index in [2.05, 4.69) is 5.32 Å². The molecule has 2 amide bonds. The number of nitrogens with zero attached hydrogens (tertiary/aromatic N) is 3. The van der Waals surface area contributed by atoms with E-state index in [0.29, 0.717) is 37.0 Å². The van der Waals surface area contributed by atoms with E-state index in [1.807, 2.05) is 68.4 Å². The molecule has 2 aromatic carbocycles. The van der Waals surface area contributed by atoms with Crippen LogP contribution in [0.1, 0.15) is 37.4 Å². The van der Waals surface area contributed by atoms with Crippen molar-refractivity contribution in [3.8, 4) is 23.1 Å². The van der Waals surface area contributed by atoms with Gasteiger partial charge in [-0.1, -0.05) is 37.3 Å². The van der Waals surface area contributed by atoms with Crippen LogP contribution in [0, 0.1) is 6.92 Å². The molecule has 1 N–H and O–H groups in total. The molecule has 0 saturated carbocycles. The minimum atomic E-state index is -0.113. The average molecular weight is 479 g/mol. The first-order chi connectivity index (χ1) is 17.1. The summed E-state index contributed by atoms with van der Waals surface area (Å²) in [4.78, 5) is 14.9. The minimum Gasteiger partial charge on any atom is -0.493 e. The third kappa shape index (κ3) is 5.95. The van der Waals surface area contributed by atoms with Crippen molar-refractivity contribution in [1.29, 1.82) is 0 Å². The number of carbonyl (C=O) groups is 1. The molecule has 8 heteroatoms. The first-order valence-corrected chi connectivity index (χ1v) is 12.2. The van der Waals surface area contributed by atoms with Crippen LogP contribution in [0.3, 0.4) is 0 Å². The molecule has 0 unspecified atom stereocenters. The zero-order valence-corrected chi connectivity index (χ0v) is 20.7. The lowest BCUT2D eigenvalue weighted by molar-refractivity contribution is 0.0793. The second-order valence-electron chi connectivity index (χ2n) is 8.62. The van der Waals surface area contributed by atoms with Gasteiger partial charge in [-0.25, -0.2) is 9.48 Å². The lowest BCUT2D eigenvalue weighted by Gasteiger charge is -2.26. The highest BCUT2D eigenvalue weighted by molar-refractivity contribution is 5.74. The topological polar surface area (TPSA) is 77.9 Å². The number of hydrogen-bond acceptors (Lipinski definition) is 5. The fourth-order valence-corrected chi connectivity index (χ4v) is 4.16. The van der Waals surface area contributed by atoms with Gasteiger partial charge in [0.25, 0.3) is 0 Å². The Morgan fingerprint density at radius 3 is 2.60 bits per heavy atom. The summed E-state index contributed by atoms with van der Waals surface area (Å²) in [5.74, 6) is 1.75. The van der Waals surface area contributed by atoms with Gasteiger partial charge in [-0.3, -0.25) is 0 Å². The van der Waals surface area contributed by atoms with Gasteiger partial charge in [-0.2, -0.15) is 5.10 Å². The summed E-state index contributed by atoms with van der Waals surface area (Å²) in [6, 6.07) is 17.2. The molecule has 0 spiro atoms. The van der Waals surface area contributed by atoms with Crippen LogP contribution in [0.2, 0.25) is 0 Å². The second-order valence-corrected chi connectivity index (χ2v) is 8.62. The molecule has 0 bridgehead atoms. The highest BCUT2D eigenvalue weighted by atomic mass is 16.5. The van der Waals surface area contributed by atoms with Gasteiger partial charge in [0.05, 0.1) is 36.7 Å². The van der Waals surface area contributed by atoms with Gasteiger partial charge < -0.3 is 24.4 Å². The van der Waals surface area contributed by atoms with E-state index in [1.54, 1.807) is 16.7 Å². The average Bonchev–Trinajstić information content (AvgIpc) is 3.51. The van der Waals surface area contributed by atoms with E-state index in [-0.39, 0.29) is 12.1 Å². The number of rotatable bonds is 10. The highest BCUT2D eigenvalue weighted by Gasteiger charge is 2.27. The van der Waals surface area contributed by atoms with Gasteiger partial charge in [-0.15, -0.1) is 0 Å². The van der Waals surface area contributed by atoms with Crippen molar-refractivity contribution in [2.24, 2.45) is 0 Å². The van der Waals surface area contributed by atoms with E-state index in [9.17, 15) is 4.79 Å². The standard InChI is InChI=1S/C27H34N4O4/c1-4-16-28-27(32)30(18-22-13-10-17-34-22)19-23-20(2)29-31(21-11-6-5-7-12-21)26(23)35-25-15-9-8-14-24(25)33-3/h5-9,11-12,14-15,22H,4,10,13,16-19H2,1-3H3,(H,28,32)/t22-/m0/s1. The van der Waals surface area contributed by atoms with Crippen LogP contribution >= 0.6 is 0 Å². The zero-order valence-electron chi connectivity index (χ0n) is 20.7. The highest BCUT2D eigenvalue weighted by Crippen LogP contribution is 2.36. The van der Waals surface area contributed by atoms with Gasteiger partial charge in [0.2, 0.25) is 5.88 Å². The normalized spacial score (nSPS) is 15.1. The van der Waals surface area contributed by atoms with Gasteiger partial charge in [-0.05, 0) is 50.5 Å². The fourth-order valence-electron chi connectivity index (χ4n) is 4.16. The monoisotopic (exact) mass is 478 g/mol. The van der Waals surface area contributed by atoms with Gasteiger partial charge in [0.15, 0.2) is 11.5 Å². The van der Waals surface area contributed by atoms with E-state index in [4.69, 9.17) is 19.3 Å². The SMILES string of the molecule is CCCNC(=O)N(Cc1c(C)nn(-c2ccccc2)c1Oc1ccccc1OC)C[C@@H]1CCCO1. The van der Waals surface area contributed by atoms with E-state index in [1.165, 1.54) is 0 Å². The number of hydrogen-bond donors (Lipinski definition) is 1. The largest absolute Gasteiger partial charge is 0.493 e. The molecular weight excluding hydrogens is 444 g/mol. The molecule has 2 heterocycles. The molecule has 186 valence electrons. The molecule has 0 aliphatic carbocycles. The van der Waals surface area contributed by atoms with Crippen molar-refractivity contribution in [2.45, 2.75) is 45.8 Å². The summed E-state index contributed by atoms with van der Waals surface area (Å²) in [6.45, 7) is 6.20. The van der Waals surface area contributed by atoms with Crippen molar-refractivity contribution in [2.75, 3.05) is 26.8 Å². The summed E-state index contributed by atoms with van der Waals surface area (Å²) < 4.78 is 19.6. The maximum atomic E-state index is 13.1. The summed E-state index contributed by atoms with van der Waals surface area (Å²) >= 11 is 0. The molecule has 1 aromatic heterocycles. The molecule has 1 fully saturated rings. The number of para-hydroxylation sites is 3. The molecule has 0 radical (unpaired) electrons. The van der Waals surface area contributed by atoms with Crippen molar-refractivity contribution >= 4 is 6.03 Å². The minimum absolute atomic E-state index is 0.0328. The molecular formula is C27H34N4O4. The summed E-state index contributed by atoms with van der Waals surface area (Å²) in [5.41, 5.74) is 2.50. The molecule has 1 saturated heterocycles. The second kappa shape index (κ2) is 11.8. The van der Waals surface area contributed by atoms with Gasteiger partial charge in [0.1, 0.15) is 0 Å². The smallest absolute Gasteiger partial charge is 0.317 e. The number of aromatic nitrogens is 2. The molecule has 1 atom stereocenters. The lowest BCUT2D eigenvalue weighted by Crippen LogP contribution is -2.43. The predicted molar refractivity (Wildman–Crippen MR) is 134 cm³/mol. The van der Waals surface area contributed by atoms with Gasteiger partial charge in [0, 0.05) is 19.7 Å². The Morgan fingerprint density at radius 2 is 1.91 bits per heavy atom. The third-order valence-corrected chi connectivity index (χ3v) is 6.02. The van der Waals surface area contributed by atoms with Crippen molar-refractivity contribution in [3.63, 3.8) is 0 Å². The first-order valence-electron chi connectivity index (χ1n) is 12.2. The molecule has 8 nitrogen and oxygen atoms in total. The van der Waals surface area contributed by atoms with Crippen LogP contribution in [-0.2, 0) is 11.3 Å². The Hall–Kier alpha value is -3.52. The van der Waals surface area contributed by atoms with Gasteiger partial charge >= 0.3 is 6.03 Å². The Bertz CT molecular complexity index is 1110. The quantitative estimate of drug-likeness (QED) is 0.440. The molecule has 4 rings (SSSR count). The van der Waals surface area contributed by atoms with Crippen LogP contribution in [0.25, 0.3) is 5.69 Å². The third-order valence-electron chi connectivity index (χ3n) is 6.02. The van der Waals surface area contributed by atoms with Crippen molar-refractivity contribution in [1.82, 2.24) is 20.0 Å². The number of amides is 2. The van der Waals surface area contributed by atoms with Crippen molar-refractivity contribution in [3.05, 3.63) is 65.9 Å². The van der Waals surface area contributed by atoms with Crippen LogP contribution in [0.15, 0.2) is 54.6 Å². The van der Waals surface area contributed by atoms with Crippen LogP contribution < -0.4 is 14.8 Å². The number of ether oxygens (including phenoxy) is 3. The maximum Gasteiger partial charge on any atom is 0.317 e. The van der Waals surface area contributed by atoms with E-state index < -0.39 is 0 Å². The van der Waals surface area contributed by atoms with Crippen LogP contribution in [-0.4, -0.2) is 53.6 Å². The molecule has 1 aliphatic rings. The van der Waals surface area contributed by atoms with Crippen LogP contribution in [0.5, 0.6) is 17.4 Å². The predicted octanol–water partition coefficient (Wildman–Crippen LogP) is 5.08. The number of aryl methyl sites for hydroxylation is 1. The fraction of sp³-hybridized carbons (Fsp3) is 0.407. The van der Waals surface area contributed by atoms with Crippen molar-refractivity contribution < 1.29 is 19.0 Å². The molecule has 35 heavy (non-hydrogen) atoms. The number of urea groups is 1.